The summed E-state index contributed by atoms with van der Waals surface area (Å²) < 4.78 is 0. The van der Waals surface area contributed by atoms with Crippen molar-refractivity contribution in [1.82, 2.24) is 0 Å². The summed E-state index contributed by atoms with van der Waals surface area (Å²) in [5.74, 6) is -0.377. The van der Waals surface area contributed by atoms with Crippen molar-refractivity contribution >= 4 is 23.1 Å². The van der Waals surface area contributed by atoms with E-state index < -0.39 is 0 Å². The van der Waals surface area contributed by atoms with Crippen LogP contribution in [0.4, 0.5) is 5.69 Å². The summed E-state index contributed by atoms with van der Waals surface area (Å²) in [6, 6.07) is 2.62. The maximum atomic E-state index is 10.9. The van der Waals surface area contributed by atoms with E-state index in [1.165, 1.54) is 19.1 Å². The fraction of sp³-hybridized carbons (Fsp3) is 0.125. The van der Waals surface area contributed by atoms with Gasteiger partial charge in [0.05, 0.1) is 16.3 Å². The van der Waals surface area contributed by atoms with Crippen LogP contribution in [0.25, 0.3) is 0 Å². The van der Waals surface area contributed by atoms with Gasteiger partial charge < -0.3 is 10.8 Å². The first-order valence-electron chi connectivity index (χ1n) is 3.31. The summed E-state index contributed by atoms with van der Waals surface area (Å²) >= 11 is 5.59. The summed E-state index contributed by atoms with van der Waals surface area (Å²) in [5, 5.41) is 9.47. The molecule has 0 spiro atoms. The summed E-state index contributed by atoms with van der Waals surface area (Å²) in [4.78, 5) is 10.9. The molecule has 64 valence electrons. The molecule has 3 nitrogen and oxygen atoms in total. The van der Waals surface area contributed by atoms with Crippen LogP contribution in [0.3, 0.4) is 0 Å². The van der Waals surface area contributed by atoms with Gasteiger partial charge in [-0.2, -0.15) is 0 Å². The average Bonchev–Trinajstić information content (AvgIpc) is 1.96. The molecule has 1 aromatic carbocycles. The number of anilines is 1. The standard InChI is InChI=1S/C8H8ClNO2/c1-4(11)5-2-7(10)6(9)3-8(5)12/h2-3,12H,10H2,1H3. The minimum absolute atomic E-state index is 0.137. The molecule has 0 aliphatic carbocycles. The van der Waals surface area contributed by atoms with Gasteiger partial charge >= 0.3 is 0 Å². The van der Waals surface area contributed by atoms with Crippen molar-refractivity contribution in [2.24, 2.45) is 0 Å². The number of nitrogens with two attached hydrogens (primary N) is 1. The van der Waals surface area contributed by atoms with Gasteiger partial charge in [0.2, 0.25) is 0 Å². The lowest BCUT2D eigenvalue weighted by molar-refractivity contribution is 0.101. The highest BCUT2D eigenvalue weighted by atomic mass is 35.5. The molecule has 0 radical (unpaired) electrons. The van der Waals surface area contributed by atoms with E-state index in [0.29, 0.717) is 5.69 Å². The van der Waals surface area contributed by atoms with E-state index >= 15 is 0 Å². The lowest BCUT2D eigenvalue weighted by Crippen LogP contribution is -1.95. The molecule has 0 atom stereocenters. The van der Waals surface area contributed by atoms with Crippen LogP contribution in [0, 0.1) is 0 Å². The monoisotopic (exact) mass is 185 g/mol. The highest BCUT2D eigenvalue weighted by molar-refractivity contribution is 6.33. The van der Waals surface area contributed by atoms with Crippen LogP contribution in [-0.4, -0.2) is 10.9 Å². The van der Waals surface area contributed by atoms with E-state index in [1.54, 1.807) is 0 Å². The number of ketones is 1. The molecular formula is C8H8ClNO2. The molecule has 0 bridgehead atoms. The highest BCUT2D eigenvalue weighted by Gasteiger charge is 2.08. The molecule has 0 aliphatic heterocycles. The lowest BCUT2D eigenvalue weighted by Gasteiger charge is -2.03. The predicted molar refractivity (Wildman–Crippen MR) is 47.5 cm³/mol. The third-order valence-corrected chi connectivity index (χ3v) is 1.82. The van der Waals surface area contributed by atoms with E-state index in [9.17, 15) is 9.90 Å². The van der Waals surface area contributed by atoms with Crippen molar-refractivity contribution in [3.63, 3.8) is 0 Å². The predicted octanol–water partition coefficient (Wildman–Crippen LogP) is 1.83. The minimum atomic E-state index is -0.240. The number of hydrogen-bond donors (Lipinski definition) is 2. The van der Waals surface area contributed by atoms with Gasteiger partial charge in [-0.3, -0.25) is 4.79 Å². The van der Waals surface area contributed by atoms with Crippen LogP contribution >= 0.6 is 11.6 Å². The number of aromatic hydroxyl groups is 1. The Morgan fingerprint density at radius 1 is 1.58 bits per heavy atom. The maximum absolute atomic E-state index is 10.9. The summed E-state index contributed by atoms with van der Waals surface area (Å²) in [7, 11) is 0. The zero-order valence-electron chi connectivity index (χ0n) is 6.47. The maximum Gasteiger partial charge on any atom is 0.163 e. The number of phenolic OH excluding ortho intramolecular Hbond substituents is 1. The second-order valence-electron chi connectivity index (χ2n) is 2.45. The van der Waals surface area contributed by atoms with Gasteiger partial charge in [-0.15, -0.1) is 0 Å². The van der Waals surface area contributed by atoms with Gasteiger partial charge in [0.15, 0.2) is 5.78 Å². The van der Waals surface area contributed by atoms with Gasteiger partial charge in [-0.05, 0) is 13.0 Å². The zero-order valence-corrected chi connectivity index (χ0v) is 7.22. The first kappa shape index (κ1) is 8.87. The van der Waals surface area contributed by atoms with E-state index in [0.717, 1.165) is 0 Å². The second-order valence-corrected chi connectivity index (χ2v) is 2.85. The molecule has 0 fully saturated rings. The largest absolute Gasteiger partial charge is 0.507 e. The van der Waals surface area contributed by atoms with Gasteiger partial charge in [-0.1, -0.05) is 11.6 Å². The number of phenols is 1. The summed E-state index contributed by atoms with van der Waals surface area (Å²) in [6.07, 6.45) is 0. The molecule has 3 N–H and O–H groups in total. The Morgan fingerprint density at radius 2 is 2.17 bits per heavy atom. The molecule has 0 heterocycles. The number of hydrogen-bond acceptors (Lipinski definition) is 3. The minimum Gasteiger partial charge on any atom is -0.507 e. The number of Topliss-reactive ketones (excluding diaryl/α,β-unsaturated/α-hetero) is 1. The molecule has 1 aromatic rings. The smallest absolute Gasteiger partial charge is 0.163 e. The Labute approximate surface area is 74.8 Å². The first-order valence-corrected chi connectivity index (χ1v) is 3.69. The number of carbonyl (C=O) groups is 1. The molecule has 0 saturated carbocycles. The van der Waals surface area contributed by atoms with Crippen molar-refractivity contribution in [2.75, 3.05) is 5.73 Å². The third-order valence-electron chi connectivity index (χ3n) is 1.49. The van der Waals surface area contributed by atoms with Crippen LogP contribution in [-0.2, 0) is 0 Å². The molecule has 0 saturated heterocycles. The molecule has 1 rings (SSSR count). The van der Waals surface area contributed by atoms with Crippen molar-refractivity contribution in [3.8, 4) is 5.75 Å². The molecular weight excluding hydrogens is 178 g/mol. The van der Waals surface area contributed by atoms with E-state index in [-0.39, 0.29) is 22.1 Å². The first-order chi connectivity index (χ1) is 5.52. The van der Waals surface area contributed by atoms with Crippen molar-refractivity contribution in [1.29, 1.82) is 0 Å². The van der Waals surface area contributed by atoms with Gasteiger partial charge in [0, 0.05) is 6.07 Å². The molecule has 4 heteroatoms. The van der Waals surface area contributed by atoms with Crippen molar-refractivity contribution < 1.29 is 9.90 Å². The zero-order chi connectivity index (χ0) is 9.30. The fourth-order valence-corrected chi connectivity index (χ4v) is 1.02. The molecule has 0 aromatic heterocycles. The van der Waals surface area contributed by atoms with Crippen LogP contribution in [0.2, 0.25) is 5.02 Å². The van der Waals surface area contributed by atoms with E-state index in [2.05, 4.69) is 0 Å². The van der Waals surface area contributed by atoms with Gasteiger partial charge in [0.1, 0.15) is 5.75 Å². The van der Waals surface area contributed by atoms with Crippen molar-refractivity contribution in [2.45, 2.75) is 6.92 Å². The average molecular weight is 186 g/mol. The Morgan fingerprint density at radius 3 is 2.67 bits per heavy atom. The van der Waals surface area contributed by atoms with Gasteiger partial charge in [-0.25, -0.2) is 0 Å². The summed E-state index contributed by atoms with van der Waals surface area (Å²) in [5.41, 5.74) is 5.91. The van der Waals surface area contributed by atoms with Crippen LogP contribution in [0.15, 0.2) is 12.1 Å². The van der Waals surface area contributed by atoms with Crippen molar-refractivity contribution in [3.05, 3.63) is 22.7 Å². The number of benzene rings is 1. The molecule has 0 unspecified atom stereocenters. The third kappa shape index (κ3) is 1.51. The number of carbonyl (C=O) groups excluding carboxylic acids is 1. The summed E-state index contributed by atoms with van der Waals surface area (Å²) in [6.45, 7) is 1.35. The molecule has 12 heavy (non-hydrogen) atoms. The quantitative estimate of drug-likeness (QED) is 0.399. The SMILES string of the molecule is CC(=O)c1cc(N)c(Cl)cc1O. The van der Waals surface area contributed by atoms with Crippen LogP contribution in [0.1, 0.15) is 17.3 Å². The van der Waals surface area contributed by atoms with E-state index in [1.807, 2.05) is 0 Å². The number of rotatable bonds is 1. The molecule has 0 amide bonds. The highest BCUT2D eigenvalue weighted by Crippen LogP contribution is 2.27. The Balaban J connectivity index is 3.33. The molecule has 0 aliphatic rings. The van der Waals surface area contributed by atoms with Crippen LogP contribution < -0.4 is 5.73 Å². The number of nitrogen functional groups attached to an aromatic ring is 1. The van der Waals surface area contributed by atoms with E-state index in [4.69, 9.17) is 17.3 Å². The Hall–Kier alpha value is -1.22. The second kappa shape index (κ2) is 3.03. The lowest BCUT2D eigenvalue weighted by atomic mass is 10.1. The normalized spacial score (nSPS) is 9.83. The van der Waals surface area contributed by atoms with Crippen LogP contribution in [0.5, 0.6) is 5.75 Å². The Bertz CT molecular complexity index is 336. The Kier molecular flexibility index (Phi) is 2.24. The van der Waals surface area contributed by atoms with Gasteiger partial charge in [0.25, 0.3) is 0 Å². The topological polar surface area (TPSA) is 63.3 Å². The fourth-order valence-electron chi connectivity index (χ4n) is 0.861. The number of halogens is 1.